The molecule has 0 aliphatic carbocycles. The first-order chi connectivity index (χ1) is 4.33. The lowest BCUT2D eigenvalue weighted by Gasteiger charge is -2.26. The number of likely N-dealkylation sites (N-methyl/N-ethyl adjacent to an activating group) is 1. The lowest BCUT2D eigenvalue weighted by atomic mass is 10.0. The first kappa shape index (κ1) is 7.03. The molecule has 2 atom stereocenters. The largest absolute Gasteiger partial charge is 0.380 e. The molecule has 54 valence electrons. The van der Waals surface area contributed by atoms with Crippen molar-refractivity contribution in [2.75, 3.05) is 20.3 Å². The molecule has 9 heavy (non-hydrogen) atoms. The van der Waals surface area contributed by atoms with Gasteiger partial charge in [-0.15, -0.1) is 0 Å². The molecule has 1 heterocycles. The molecule has 2 unspecified atom stereocenters. The van der Waals surface area contributed by atoms with Gasteiger partial charge >= 0.3 is 0 Å². The highest BCUT2D eigenvalue weighted by molar-refractivity contribution is 4.71. The molecule has 1 aliphatic heterocycles. The Morgan fingerprint density at radius 2 is 2.22 bits per heavy atom. The number of hydrogen-bond donors (Lipinski definition) is 1. The first-order valence-electron chi connectivity index (χ1n) is 3.58. The Hall–Kier alpha value is -0.0800. The summed E-state index contributed by atoms with van der Waals surface area (Å²) in [5.74, 6) is 0.733. The molecule has 1 aliphatic rings. The summed E-state index contributed by atoms with van der Waals surface area (Å²) in [6, 6.07) is 0.591. The minimum Gasteiger partial charge on any atom is -0.380 e. The Bertz CT molecular complexity index is 85.0. The smallest absolute Gasteiger partial charge is 0.0619 e. The number of nitrogens with one attached hydrogen (secondary N) is 1. The van der Waals surface area contributed by atoms with Crippen LogP contribution in [0.4, 0.5) is 0 Å². The van der Waals surface area contributed by atoms with Crippen molar-refractivity contribution in [1.29, 1.82) is 0 Å². The average Bonchev–Trinajstić information content (AvgIpc) is 1.88. The number of ether oxygens (including phenoxy) is 1. The molecule has 0 bridgehead atoms. The van der Waals surface area contributed by atoms with Crippen LogP contribution in [0.25, 0.3) is 0 Å². The average molecular weight is 129 g/mol. The summed E-state index contributed by atoms with van der Waals surface area (Å²) < 4.78 is 5.32. The molecular formula is C7H15NO. The molecule has 0 radical (unpaired) electrons. The topological polar surface area (TPSA) is 21.3 Å². The molecule has 0 aromatic carbocycles. The van der Waals surface area contributed by atoms with Crippen LogP contribution in [0.3, 0.4) is 0 Å². The van der Waals surface area contributed by atoms with E-state index in [9.17, 15) is 0 Å². The maximum Gasteiger partial charge on any atom is 0.0619 e. The van der Waals surface area contributed by atoms with Crippen molar-refractivity contribution in [2.45, 2.75) is 19.4 Å². The lowest BCUT2D eigenvalue weighted by Crippen LogP contribution is -2.37. The number of hydrogen-bond acceptors (Lipinski definition) is 2. The molecule has 2 heteroatoms. The lowest BCUT2D eigenvalue weighted by molar-refractivity contribution is 0.0391. The maximum atomic E-state index is 5.32. The quantitative estimate of drug-likeness (QED) is 0.560. The van der Waals surface area contributed by atoms with Crippen LogP contribution in [0, 0.1) is 5.92 Å². The van der Waals surface area contributed by atoms with Gasteiger partial charge in [0.05, 0.1) is 6.61 Å². The van der Waals surface area contributed by atoms with Crippen LogP contribution in [-0.4, -0.2) is 26.3 Å². The zero-order valence-electron chi connectivity index (χ0n) is 6.18. The fourth-order valence-electron chi connectivity index (χ4n) is 1.23. The van der Waals surface area contributed by atoms with E-state index in [-0.39, 0.29) is 0 Å². The van der Waals surface area contributed by atoms with Gasteiger partial charge in [-0.1, -0.05) is 6.92 Å². The standard InChI is InChI=1S/C7H15NO/c1-6-3-7(8-2)5-9-4-6/h6-8H,3-5H2,1-2H3. The van der Waals surface area contributed by atoms with E-state index >= 15 is 0 Å². The minimum absolute atomic E-state index is 0.591. The van der Waals surface area contributed by atoms with E-state index in [0.29, 0.717) is 6.04 Å². The van der Waals surface area contributed by atoms with Crippen molar-refractivity contribution in [3.05, 3.63) is 0 Å². The van der Waals surface area contributed by atoms with Crippen LogP contribution in [-0.2, 0) is 4.74 Å². The highest BCUT2D eigenvalue weighted by Crippen LogP contribution is 2.12. The van der Waals surface area contributed by atoms with Gasteiger partial charge in [0, 0.05) is 12.6 Å². The van der Waals surface area contributed by atoms with Gasteiger partial charge in [-0.2, -0.15) is 0 Å². The molecule has 0 aromatic rings. The fourth-order valence-corrected chi connectivity index (χ4v) is 1.23. The molecule has 0 amide bonds. The van der Waals surface area contributed by atoms with Crippen LogP contribution in [0.5, 0.6) is 0 Å². The van der Waals surface area contributed by atoms with E-state index in [1.807, 2.05) is 7.05 Å². The second-order valence-electron chi connectivity index (χ2n) is 2.86. The van der Waals surface area contributed by atoms with Crippen LogP contribution >= 0.6 is 0 Å². The van der Waals surface area contributed by atoms with Crippen LogP contribution in [0.15, 0.2) is 0 Å². The van der Waals surface area contributed by atoms with Gasteiger partial charge in [-0.3, -0.25) is 0 Å². The van der Waals surface area contributed by atoms with Gasteiger partial charge in [0.1, 0.15) is 0 Å². The molecule has 0 spiro atoms. The van der Waals surface area contributed by atoms with Crippen molar-refractivity contribution in [1.82, 2.24) is 5.32 Å². The third-order valence-electron chi connectivity index (χ3n) is 1.82. The fraction of sp³-hybridized carbons (Fsp3) is 1.00. The Labute approximate surface area is 56.6 Å². The predicted octanol–water partition coefficient (Wildman–Crippen LogP) is 0.631. The molecule has 1 N–H and O–H groups in total. The first-order valence-corrected chi connectivity index (χ1v) is 3.58. The van der Waals surface area contributed by atoms with E-state index in [0.717, 1.165) is 19.1 Å². The molecule has 0 saturated carbocycles. The zero-order valence-corrected chi connectivity index (χ0v) is 6.18. The van der Waals surface area contributed by atoms with E-state index in [1.165, 1.54) is 6.42 Å². The van der Waals surface area contributed by atoms with E-state index in [2.05, 4.69) is 12.2 Å². The second-order valence-corrected chi connectivity index (χ2v) is 2.86. The zero-order chi connectivity index (χ0) is 6.69. The van der Waals surface area contributed by atoms with Crippen molar-refractivity contribution >= 4 is 0 Å². The Kier molecular flexibility index (Phi) is 2.49. The van der Waals surface area contributed by atoms with E-state index in [1.54, 1.807) is 0 Å². The van der Waals surface area contributed by atoms with Crippen molar-refractivity contribution in [2.24, 2.45) is 5.92 Å². The van der Waals surface area contributed by atoms with Gasteiger partial charge in [0.15, 0.2) is 0 Å². The van der Waals surface area contributed by atoms with Crippen LogP contribution in [0.1, 0.15) is 13.3 Å². The Balaban J connectivity index is 2.23. The molecule has 2 nitrogen and oxygen atoms in total. The van der Waals surface area contributed by atoms with Gasteiger partial charge in [-0.25, -0.2) is 0 Å². The molecule has 0 aromatic heterocycles. The highest BCUT2D eigenvalue weighted by atomic mass is 16.5. The van der Waals surface area contributed by atoms with E-state index < -0.39 is 0 Å². The summed E-state index contributed by atoms with van der Waals surface area (Å²) in [7, 11) is 1.99. The van der Waals surface area contributed by atoms with Gasteiger partial charge in [0.25, 0.3) is 0 Å². The Morgan fingerprint density at radius 1 is 1.44 bits per heavy atom. The monoisotopic (exact) mass is 129 g/mol. The van der Waals surface area contributed by atoms with Gasteiger partial charge < -0.3 is 10.1 Å². The SMILES string of the molecule is CNC1COCC(C)C1. The molecular weight excluding hydrogens is 114 g/mol. The summed E-state index contributed by atoms with van der Waals surface area (Å²) >= 11 is 0. The summed E-state index contributed by atoms with van der Waals surface area (Å²) in [4.78, 5) is 0. The number of rotatable bonds is 1. The predicted molar refractivity (Wildman–Crippen MR) is 37.4 cm³/mol. The van der Waals surface area contributed by atoms with Crippen molar-refractivity contribution in [3.63, 3.8) is 0 Å². The molecule has 1 fully saturated rings. The summed E-state index contributed by atoms with van der Waals surface area (Å²) in [5, 5.41) is 3.21. The molecule has 1 rings (SSSR count). The molecule has 1 saturated heterocycles. The van der Waals surface area contributed by atoms with Crippen LogP contribution in [0.2, 0.25) is 0 Å². The summed E-state index contributed by atoms with van der Waals surface area (Å²) in [5.41, 5.74) is 0. The third kappa shape index (κ3) is 1.95. The summed E-state index contributed by atoms with van der Waals surface area (Å²) in [6.45, 7) is 4.06. The highest BCUT2D eigenvalue weighted by Gasteiger charge is 2.16. The van der Waals surface area contributed by atoms with E-state index in [4.69, 9.17) is 4.74 Å². The normalized spacial score (nSPS) is 36.7. The van der Waals surface area contributed by atoms with Gasteiger partial charge in [-0.05, 0) is 19.4 Å². The van der Waals surface area contributed by atoms with Crippen LogP contribution < -0.4 is 5.32 Å². The van der Waals surface area contributed by atoms with Crippen molar-refractivity contribution < 1.29 is 4.74 Å². The summed E-state index contributed by atoms with van der Waals surface area (Å²) in [6.07, 6.45) is 1.26. The van der Waals surface area contributed by atoms with Crippen molar-refractivity contribution in [3.8, 4) is 0 Å². The second kappa shape index (κ2) is 3.18. The Morgan fingerprint density at radius 3 is 2.67 bits per heavy atom. The third-order valence-corrected chi connectivity index (χ3v) is 1.82. The minimum atomic E-state index is 0.591. The maximum absolute atomic E-state index is 5.32. The van der Waals surface area contributed by atoms with Gasteiger partial charge in [0.2, 0.25) is 0 Å².